The van der Waals surface area contributed by atoms with Gasteiger partial charge >= 0.3 is 0 Å². The minimum atomic E-state index is -0.0913. The molecule has 1 aromatic rings. The predicted octanol–water partition coefficient (Wildman–Crippen LogP) is 1.44. The van der Waals surface area contributed by atoms with E-state index in [1.54, 1.807) is 11.3 Å². The van der Waals surface area contributed by atoms with E-state index in [-0.39, 0.29) is 13.2 Å². The summed E-state index contributed by atoms with van der Waals surface area (Å²) in [4.78, 5) is 4.63. The van der Waals surface area contributed by atoms with Gasteiger partial charge in [0.1, 0.15) is 6.61 Å². The molecule has 1 atom stereocenters. The zero-order valence-electron chi connectivity index (χ0n) is 10.4. The van der Waals surface area contributed by atoms with Crippen LogP contribution in [0.1, 0.15) is 29.0 Å². The van der Waals surface area contributed by atoms with Crippen molar-refractivity contribution in [3.8, 4) is 11.8 Å². The summed E-state index contributed by atoms with van der Waals surface area (Å²) < 4.78 is 0. The minimum Gasteiger partial charge on any atom is -0.395 e. The summed E-state index contributed by atoms with van der Waals surface area (Å²) in [7, 11) is 0. The molecule has 0 radical (unpaired) electrons. The molecular weight excluding hydrogens is 246 g/mol. The van der Waals surface area contributed by atoms with Gasteiger partial charge in [0.2, 0.25) is 0 Å². The monoisotopic (exact) mass is 265 g/mol. The topological polar surface area (TPSA) is 43.7 Å². The third-order valence-electron chi connectivity index (χ3n) is 3.27. The molecule has 18 heavy (non-hydrogen) atoms. The average Bonchev–Trinajstić information content (AvgIpc) is 2.84. The number of piperidine rings is 1. The van der Waals surface area contributed by atoms with Crippen molar-refractivity contribution >= 4 is 11.3 Å². The van der Waals surface area contributed by atoms with Crippen LogP contribution in [0.5, 0.6) is 0 Å². The average molecular weight is 265 g/mol. The Hall–Kier alpha value is -0.860. The Labute approximate surface area is 112 Å². The summed E-state index contributed by atoms with van der Waals surface area (Å²) in [6, 6.07) is 4.41. The largest absolute Gasteiger partial charge is 0.395 e. The number of rotatable bonds is 3. The maximum atomic E-state index is 9.37. The highest BCUT2D eigenvalue weighted by molar-refractivity contribution is 7.12. The third kappa shape index (κ3) is 3.56. The number of hydrogen-bond donors (Lipinski definition) is 2. The zero-order valence-corrected chi connectivity index (χ0v) is 11.2. The van der Waals surface area contributed by atoms with Crippen molar-refractivity contribution in [3.05, 3.63) is 21.9 Å². The second-order valence-electron chi connectivity index (χ2n) is 4.53. The molecule has 0 aliphatic carbocycles. The molecule has 0 amide bonds. The summed E-state index contributed by atoms with van der Waals surface area (Å²) in [5.41, 5.74) is 0. The van der Waals surface area contributed by atoms with Crippen LogP contribution in [0, 0.1) is 11.8 Å². The Morgan fingerprint density at radius 3 is 3.00 bits per heavy atom. The highest BCUT2D eigenvalue weighted by Gasteiger charge is 2.21. The number of aliphatic hydroxyl groups excluding tert-OH is 2. The maximum Gasteiger partial charge on any atom is 0.104 e. The Morgan fingerprint density at radius 1 is 1.33 bits per heavy atom. The lowest BCUT2D eigenvalue weighted by Crippen LogP contribution is -2.40. The molecular formula is C14H19NO2S. The van der Waals surface area contributed by atoms with Crippen molar-refractivity contribution in [2.45, 2.75) is 31.8 Å². The van der Waals surface area contributed by atoms with Gasteiger partial charge in [-0.25, -0.2) is 0 Å². The molecule has 1 fully saturated rings. The van der Waals surface area contributed by atoms with Gasteiger partial charge in [0.05, 0.1) is 11.5 Å². The van der Waals surface area contributed by atoms with E-state index in [2.05, 4.69) is 22.8 Å². The second-order valence-corrected chi connectivity index (χ2v) is 5.70. The predicted molar refractivity (Wildman–Crippen MR) is 73.4 cm³/mol. The standard InChI is InChI=1S/C14H19NO2S/c16-9-3-5-13-6-7-14(18-13)10-15-8-2-1-4-12(15)11-17/h6-7,12,16-17H,1-2,4,8-11H2. The normalized spacial score (nSPS) is 20.4. The van der Waals surface area contributed by atoms with Crippen LogP contribution in [0.15, 0.2) is 12.1 Å². The Balaban J connectivity index is 1.97. The lowest BCUT2D eigenvalue weighted by Gasteiger charge is -2.34. The van der Waals surface area contributed by atoms with Gasteiger partial charge in [0, 0.05) is 17.5 Å². The van der Waals surface area contributed by atoms with Crippen molar-refractivity contribution in [2.75, 3.05) is 19.8 Å². The zero-order chi connectivity index (χ0) is 12.8. The van der Waals surface area contributed by atoms with Gasteiger partial charge in [0.15, 0.2) is 0 Å². The van der Waals surface area contributed by atoms with E-state index in [0.29, 0.717) is 6.04 Å². The van der Waals surface area contributed by atoms with Gasteiger partial charge in [-0.15, -0.1) is 11.3 Å². The molecule has 0 saturated carbocycles. The second kappa shape index (κ2) is 6.91. The van der Waals surface area contributed by atoms with Gasteiger partial charge < -0.3 is 10.2 Å². The molecule has 1 aliphatic rings. The van der Waals surface area contributed by atoms with Gasteiger partial charge in [-0.2, -0.15) is 0 Å². The van der Waals surface area contributed by atoms with Crippen molar-refractivity contribution in [1.82, 2.24) is 4.90 Å². The van der Waals surface area contributed by atoms with Crippen LogP contribution < -0.4 is 0 Å². The fraction of sp³-hybridized carbons (Fsp3) is 0.571. The molecule has 1 unspecified atom stereocenters. The van der Waals surface area contributed by atoms with Gasteiger partial charge in [-0.05, 0) is 31.5 Å². The Kier molecular flexibility index (Phi) is 5.21. The molecule has 2 N–H and O–H groups in total. The smallest absolute Gasteiger partial charge is 0.104 e. The van der Waals surface area contributed by atoms with Crippen LogP contribution in [0.3, 0.4) is 0 Å². The lowest BCUT2D eigenvalue weighted by atomic mass is 10.0. The van der Waals surface area contributed by atoms with Crippen LogP contribution >= 0.6 is 11.3 Å². The van der Waals surface area contributed by atoms with Crippen LogP contribution in [0.2, 0.25) is 0 Å². The molecule has 2 rings (SSSR count). The highest BCUT2D eigenvalue weighted by Crippen LogP contribution is 2.23. The van der Waals surface area contributed by atoms with Crippen LogP contribution in [-0.2, 0) is 6.54 Å². The van der Waals surface area contributed by atoms with E-state index in [1.807, 2.05) is 6.07 Å². The molecule has 1 aliphatic heterocycles. The maximum absolute atomic E-state index is 9.37. The van der Waals surface area contributed by atoms with Crippen molar-refractivity contribution in [3.63, 3.8) is 0 Å². The quantitative estimate of drug-likeness (QED) is 0.813. The lowest BCUT2D eigenvalue weighted by molar-refractivity contribution is 0.0850. The third-order valence-corrected chi connectivity index (χ3v) is 4.26. The number of likely N-dealkylation sites (tertiary alicyclic amines) is 1. The van der Waals surface area contributed by atoms with Gasteiger partial charge in [-0.3, -0.25) is 4.90 Å². The molecule has 3 nitrogen and oxygen atoms in total. The van der Waals surface area contributed by atoms with E-state index < -0.39 is 0 Å². The molecule has 0 aromatic carbocycles. The summed E-state index contributed by atoms with van der Waals surface area (Å²) in [6.07, 6.45) is 3.54. The van der Waals surface area contributed by atoms with E-state index in [4.69, 9.17) is 5.11 Å². The van der Waals surface area contributed by atoms with Crippen molar-refractivity contribution in [2.24, 2.45) is 0 Å². The first kappa shape index (κ1) is 13.6. The molecule has 0 spiro atoms. The van der Waals surface area contributed by atoms with E-state index in [0.717, 1.165) is 24.4 Å². The molecule has 0 bridgehead atoms. The van der Waals surface area contributed by atoms with E-state index >= 15 is 0 Å². The first-order chi connectivity index (χ1) is 8.83. The number of thiophene rings is 1. The number of aliphatic hydroxyl groups is 2. The number of nitrogens with zero attached hydrogens (tertiary/aromatic N) is 1. The molecule has 1 saturated heterocycles. The molecule has 4 heteroatoms. The van der Waals surface area contributed by atoms with Crippen molar-refractivity contribution in [1.29, 1.82) is 0 Å². The first-order valence-electron chi connectivity index (χ1n) is 6.37. The Bertz CT molecular complexity index is 432. The Morgan fingerprint density at radius 2 is 2.22 bits per heavy atom. The van der Waals surface area contributed by atoms with Gasteiger partial charge in [0.25, 0.3) is 0 Å². The fourth-order valence-corrected chi connectivity index (χ4v) is 3.24. The molecule has 2 heterocycles. The number of hydrogen-bond acceptors (Lipinski definition) is 4. The SMILES string of the molecule is OCC#Cc1ccc(CN2CCCCC2CO)s1. The van der Waals surface area contributed by atoms with Crippen LogP contribution in [0.4, 0.5) is 0 Å². The van der Waals surface area contributed by atoms with Crippen molar-refractivity contribution < 1.29 is 10.2 Å². The van der Waals surface area contributed by atoms with Crippen LogP contribution in [0.25, 0.3) is 0 Å². The summed E-state index contributed by atoms with van der Waals surface area (Å²) in [5, 5.41) is 18.0. The molecule has 98 valence electrons. The van der Waals surface area contributed by atoms with Gasteiger partial charge in [-0.1, -0.05) is 18.3 Å². The summed E-state index contributed by atoms with van der Waals surface area (Å²) >= 11 is 1.67. The fourth-order valence-electron chi connectivity index (χ4n) is 2.33. The van der Waals surface area contributed by atoms with E-state index in [9.17, 15) is 5.11 Å². The highest BCUT2D eigenvalue weighted by atomic mass is 32.1. The first-order valence-corrected chi connectivity index (χ1v) is 7.18. The molecule has 1 aromatic heterocycles. The summed E-state index contributed by atoms with van der Waals surface area (Å²) in [5.74, 6) is 5.59. The van der Waals surface area contributed by atoms with Crippen LogP contribution in [-0.4, -0.2) is 40.9 Å². The van der Waals surface area contributed by atoms with E-state index in [1.165, 1.54) is 17.7 Å². The minimum absolute atomic E-state index is 0.0913. The summed E-state index contributed by atoms with van der Waals surface area (Å²) in [6.45, 7) is 2.13.